The minimum Gasteiger partial charge on any atom is -0.354 e. The van der Waals surface area contributed by atoms with E-state index in [4.69, 9.17) is 17.0 Å². The van der Waals surface area contributed by atoms with E-state index in [2.05, 4.69) is 21.3 Å². The predicted octanol–water partition coefficient (Wildman–Crippen LogP) is 4.19. The lowest BCUT2D eigenvalue weighted by atomic mass is 10.1. The Hall–Kier alpha value is -4.04. The summed E-state index contributed by atoms with van der Waals surface area (Å²) < 4.78 is 0. The monoisotopic (exact) mass is 462 g/mol. The number of nitrogens with one attached hydrogen (secondary N) is 5. The maximum Gasteiger partial charge on any atom is 0.320 e. The van der Waals surface area contributed by atoms with Crippen LogP contribution in [0.25, 0.3) is 0 Å². The van der Waals surface area contributed by atoms with Crippen LogP contribution in [0.4, 0.5) is 21.9 Å². The molecule has 0 aliphatic carbocycles. The summed E-state index contributed by atoms with van der Waals surface area (Å²) in [6.07, 6.45) is 0. The van der Waals surface area contributed by atoms with E-state index in [-0.39, 0.29) is 5.91 Å². The van der Waals surface area contributed by atoms with Gasteiger partial charge in [0.1, 0.15) is 6.04 Å². The highest BCUT2D eigenvalue weighted by Gasteiger charge is 2.23. The number of carbonyl (C=O) groups excluding carboxylic acids is 2. The number of halogens is 1. The van der Waals surface area contributed by atoms with Gasteiger partial charge in [0.25, 0.3) is 5.91 Å². The van der Waals surface area contributed by atoms with Crippen molar-refractivity contribution in [2.75, 3.05) is 28.6 Å². The molecule has 0 bridgehead atoms. The van der Waals surface area contributed by atoms with Crippen LogP contribution in [0.3, 0.4) is 0 Å². The van der Waals surface area contributed by atoms with Gasteiger partial charge in [0, 0.05) is 35.2 Å². The summed E-state index contributed by atoms with van der Waals surface area (Å²) >= 11 is 5.89. The van der Waals surface area contributed by atoms with Gasteiger partial charge < -0.3 is 26.2 Å². The highest BCUT2D eigenvalue weighted by atomic mass is 35.5. The molecule has 5 N–H and O–H groups in total. The minimum absolute atomic E-state index is 0.354. The molecule has 3 aromatic carbocycles. The highest BCUT2D eigenvalue weighted by Crippen LogP contribution is 2.21. The van der Waals surface area contributed by atoms with Crippen molar-refractivity contribution in [1.29, 1.82) is 5.41 Å². The molecule has 1 saturated heterocycles. The summed E-state index contributed by atoms with van der Waals surface area (Å²) in [5, 5.41) is 19.8. The summed E-state index contributed by atoms with van der Waals surface area (Å²) in [5.74, 6) is -0.0254. The number of hydrogen-bond acceptors (Lipinski definition) is 3. The third-order valence-corrected chi connectivity index (χ3v) is 5.37. The molecule has 3 aromatic rings. The van der Waals surface area contributed by atoms with E-state index >= 15 is 0 Å². The maximum atomic E-state index is 13.1. The fraction of sp³-hybridized carbons (Fsp3) is 0.125. The number of amides is 3. The molecule has 1 atom stereocenters. The van der Waals surface area contributed by atoms with Gasteiger partial charge in [-0.3, -0.25) is 10.2 Å². The van der Waals surface area contributed by atoms with Gasteiger partial charge in [-0.2, -0.15) is 0 Å². The van der Waals surface area contributed by atoms with Crippen LogP contribution in [0.2, 0.25) is 5.02 Å². The van der Waals surface area contributed by atoms with E-state index in [1.54, 1.807) is 48.5 Å². The fourth-order valence-corrected chi connectivity index (χ4v) is 3.59. The molecule has 1 heterocycles. The molecule has 0 saturated carbocycles. The van der Waals surface area contributed by atoms with Crippen molar-refractivity contribution in [1.82, 2.24) is 10.6 Å². The van der Waals surface area contributed by atoms with Crippen LogP contribution in [0, 0.1) is 5.41 Å². The summed E-state index contributed by atoms with van der Waals surface area (Å²) in [7, 11) is 0. The van der Waals surface area contributed by atoms with Gasteiger partial charge in [0.15, 0.2) is 5.96 Å². The van der Waals surface area contributed by atoms with Crippen LogP contribution < -0.4 is 26.2 Å². The van der Waals surface area contributed by atoms with Crippen LogP contribution in [0.1, 0.15) is 11.6 Å². The van der Waals surface area contributed by atoms with Crippen LogP contribution >= 0.6 is 11.6 Å². The van der Waals surface area contributed by atoms with Gasteiger partial charge in [-0.15, -0.1) is 0 Å². The van der Waals surface area contributed by atoms with Gasteiger partial charge in [-0.05, 0) is 54.1 Å². The average molecular weight is 463 g/mol. The summed E-state index contributed by atoms with van der Waals surface area (Å²) in [6.45, 7) is 1.44. The first kappa shape index (κ1) is 22.2. The Kier molecular flexibility index (Phi) is 6.75. The quantitative estimate of drug-likeness (QED) is 0.378. The van der Waals surface area contributed by atoms with E-state index in [0.29, 0.717) is 34.5 Å². The maximum absolute atomic E-state index is 13.1. The van der Waals surface area contributed by atoms with Gasteiger partial charge in [0.2, 0.25) is 0 Å². The number of hydrogen-bond donors (Lipinski definition) is 5. The Morgan fingerprint density at radius 1 is 0.909 bits per heavy atom. The normalized spacial score (nSPS) is 13.7. The largest absolute Gasteiger partial charge is 0.354 e. The molecule has 168 valence electrons. The molecule has 33 heavy (non-hydrogen) atoms. The van der Waals surface area contributed by atoms with Gasteiger partial charge in [-0.1, -0.05) is 41.9 Å². The van der Waals surface area contributed by atoms with Crippen LogP contribution in [0.15, 0.2) is 78.9 Å². The molecule has 8 nitrogen and oxygen atoms in total. The summed E-state index contributed by atoms with van der Waals surface area (Å²) in [6, 6.07) is 21.5. The lowest BCUT2D eigenvalue weighted by Crippen LogP contribution is -2.39. The average Bonchev–Trinajstić information content (AvgIpc) is 3.26. The first-order chi connectivity index (χ1) is 16.0. The number of carbonyl (C=O) groups is 2. The number of guanidine groups is 1. The second kappa shape index (κ2) is 10.1. The van der Waals surface area contributed by atoms with Crippen molar-refractivity contribution in [2.45, 2.75) is 6.04 Å². The van der Waals surface area contributed by atoms with Crippen molar-refractivity contribution in [3.8, 4) is 0 Å². The second-order valence-electron chi connectivity index (χ2n) is 7.41. The molecule has 4 rings (SSSR count). The second-order valence-corrected chi connectivity index (χ2v) is 7.85. The Bertz CT molecular complexity index is 1140. The van der Waals surface area contributed by atoms with E-state index in [9.17, 15) is 9.59 Å². The number of anilines is 3. The lowest BCUT2D eigenvalue weighted by molar-refractivity contribution is -0.118. The van der Waals surface area contributed by atoms with Crippen molar-refractivity contribution in [2.24, 2.45) is 0 Å². The van der Waals surface area contributed by atoms with Gasteiger partial charge in [-0.25, -0.2) is 4.79 Å². The fourth-order valence-electron chi connectivity index (χ4n) is 3.47. The van der Waals surface area contributed by atoms with E-state index in [1.807, 2.05) is 35.2 Å². The molecule has 0 spiro atoms. The van der Waals surface area contributed by atoms with Crippen LogP contribution in [-0.2, 0) is 4.79 Å². The predicted molar refractivity (Wildman–Crippen MR) is 131 cm³/mol. The molecule has 0 unspecified atom stereocenters. The minimum atomic E-state index is -0.908. The molecular weight excluding hydrogens is 440 g/mol. The Morgan fingerprint density at radius 2 is 1.55 bits per heavy atom. The molecule has 9 heteroatoms. The molecule has 0 aromatic heterocycles. The number of urea groups is 1. The van der Waals surface area contributed by atoms with Gasteiger partial charge in [0.05, 0.1) is 0 Å². The first-order valence-electron chi connectivity index (χ1n) is 10.4. The van der Waals surface area contributed by atoms with Crippen molar-refractivity contribution in [3.63, 3.8) is 0 Å². The van der Waals surface area contributed by atoms with E-state index < -0.39 is 12.1 Å². The summed E-state index contributed by atoms with van der Waals surface area (Å²) in [4.78, 5) is 27.6. The Balaban J connectivity index is 1.46. The smallest absolute Gasteiger partial charge is 0.320 e. The zero-order chi connectivity index (χ0) is 23.2. The van der Waals surface area contributed by atoms with Gasteiger partial charge >= 0.3 is 6.03 Å². The highest BCUT2D eigenvalue weighted by molar-refractivity contribution is 6.30. The van der Waals surface area contributed by atoms with Crippen LogP contribution in [0.5, 0.6) is 0 Å². The Labute approximate surface area is 196 Å². The zero-order valence-electron chi connectivity index (χ0n) is 17.6. The zero-order valence-corrected chi connectivity index (χ0v) is 18.4. The first-order valence-corrected chi connectivity index (χ1v) is 10.8. The standard InChI is InChI=1S/C24H23ClN6O2/c25-17-6-8-19(9-7-17)29-24(33)30-21(16-4-2-1-3-5-16)22(32)28-18-10-12-20(13-11-18)31-15-14-27-23(31)26/h1-13,21H,14-15H2,(H2,26,27)(H,28,32)(H2,29,30,33)/t21-/m1/s1. The lowest BCUT2D eigenvalue weighted by Gasteiger charge is -2.20. The van der Waals surface area contributed by atoms with Crippen LogP contribution in [-0.4, -0.2) is 31.0 Å². The van der Waals surface area contributed by atoms with Crippen molar-refractivity contribution >= 4 is 46.6 Å². The SMILES string of the molecule is N=C1NCCN1c1ccc(NC(=O)[C@H](NC(=O)Nc2ccc(Cl)cc2)c2ccccc2)cc1. The topological polar surface area (TPSA) is 109 Å². The molecular formula is C24H23ClN6O2. The number of nitrogens with zero attached hydrogens (tertiary/aromatic N) is 1. The third kappa shape index (κ3) is 5.61. The molecule has 0 radical (unpaired) electrons. The molecule has 3 amide bonds. The number of rotatable bonds is 6. The third-order valence-electron chi connectivity index (χ3n) is 5.12. The van der Waals surface area contributed by atoms with Crippen molar-refractivity contribution in [3.05, 3.63) is 89.4 Å². The molecule has 1 aliphatic heterocycles. The molecule has 1 aliphatic rings. The van der Waals surface area contributed by atoms with Crippen molar-refractivity contribution < 1.29 is 9.59 Å². The van der Waals surface area contributed by atoms with E-state index in [0.717, 1.165) is 12.2 Å². The molecule has 1 fully saturated rings. The summed E-state index contributed by atoms with van der Waals surface area (Å²) in [5.41, 5.74) is 2.66. The number of benzene rings is 3. The van der Waals surface area contributed by atoms with E-state index in [1.165, 1.54) is 0 Å². The Morgan fingerprint density at radius 3 is 2.18 bits per heavy atom.